The largest absolute Gasteiger partial charge is 0.417 e. The molecular weight excluding hydrogens is 451 g/mol. The summed E-state index contributed by atoms with van der Waals surface area (Å²) in [6.07, 6.45) is -20.9. The van der Waals surface area contributed by atoms with Crippen molar-refractivity contribution in [1.82, 2.24) is 0 Å². The molecule has 0 bridgehead atoms. The van der Waals surface area contributed by atoms with Crippen molar-refractivity contribution < 1.29 is 52.7 Å². The lowest BCUT2D eigenvalue weighted by molar-refractivity contribution is -0.144. The predicted molar refractivity (Wildman–Crippen MR) is 80.5 cm³/mol. The summed E-state index contributed by atoms with van der Waals surface area (Å²) >= 11 is 0. The fourth-order valence-electron chi connectivity index (χ4n) is 2.27. The Morgan fingerprint density at radius 2 is 0.759 bits per heavy atom. The zero-order valence-electron chi connectivity index (χ0n) is 13.5. The quantitative estimate of drug-likeness (QED) is 0.362. The first-order chi connectivity index (χ1) is 12.9. The van der Waals surface area contributed by atoms with Crippen LogP contribution in [0.1, 0.15) is 22.3 Å². The second kappa shape index (κ2) is 7.37. The zero-order chi connectivity index (χ0) is 22.4. The minimum absolute atomic E-state index is 0.250. The lowest BCUT2D eigenvalue weighted by Gasteiger charge is -2.19. The molecule has 2 aromatic carbocycles. The standard InChI is InChI=1S/C16H7F12P/c17-13(18,19)7-1-3-11(9(5-7)15(23,24)25)29-12-4-2-8(14(20,21)22)6-10(12)16(26,27)28/h1-6,29H. The van der Waals surface area contributed by atoms with Crippen molar-refractivity contribution in [3.05, 3.63) is 58.7 Å². The second-order valence-corrected chi connectivity index (χ2v) is 6.96. The second-order valence-electron chi connectivity index (χ2n) is 5.64. The van der Waals surface area contributed by atoms with Crippen molar-refractivity contribution in [3.8, 4) is 0 Å². The highest BCUT2D eigenvalue weighted by molar-refractivity contribution is 7.55. The summed E-state index contributed by atoms with van der Waals surface area (Å²) in [6.45, 7) is 0. The van der Waals surface area contributed by atoms with E-state index >= 15 is 0 Å². The van der Waals surface area contributed by atoms with Crippen LogP contribution in [-0.2, 0) is 24.7 Å². The van der Waals surface area contributed by atoms with E-state index in [1.54, 1.807) is 0 Å². The number of halogens is 12. The third kappa shape index (κ3) is 5.55. The summed E-state index contributed by atoms with van der Waals surface area (Å²) in [5.74, 6) is 0. The molecule has 0 N–H and O–H groups in total. The third-order valence-electron chi connectivity index (χ3n) is 3.57. The highest BCUT2D eigenvalue weighted by Crippen LogP contribution is 2.39. The van der Waals surface area contributed by atoms with Gasteiger partial charge in [0.2, 0.25) is 0 Å². The molecule has 2 aromatic rings. The summed E-state index contributed by atoms with van der Waals surface area (Å²) in [5.41, 5.74) is -6.97. The Hall–Kier alpha value is -1.97. The van der Waals surface area contributed by atoms with Crippen LogP contribution in [0.3, 0.4) is 0 Å². The topological polar surface area (TPSA) is 0 Å². The molecule has 13 heteroatoms. The summed E-state index contributed by atoms with van der Waals surface area (Å²) in [4.78, 5) is 0. The maximum atomic E-state index is 13.1. The van der Waals surface area contributed by atoms with Crippen LogP contribution < -0.4 is 10.6 Å². The zero-order valence-corrected chi connectivity index (χ0v) is 14.5. The lowest BCUT2D eigenvalue weighted by Crippen LogP contribution is -2.24. The molecule has 0 aliphatic heterocycles. The molecule has 0 aliphatic carbocycles. The van der Waals surface area contributed by atoms with Crippen molar-refractivity contribution in [2.45, 2.75) is 24.7 Å². The van der Waals surface area contributed by atoms with Crippen LogP contribution in [-0.4, -0.2) is 0 Å². The normalized spacial score (nSPS) is 13.7. The van der Waals surface area contributed by atoms with Crippen LogP contribution in [0.25, 0.3) is 0 Å². The molecule has 0 spiro atoms. The Bertz CT molecular complexity index is 813. The van der Waals surface area contributed by atoms with Gasteiger partial charge in [-0.05, 0) is 34.9 Å². The summed E-state index contributed by atoms with van der Waals surface area (Å²) in [7, 11) is -1.49. The SMILES string of the molecule is FC(F)(F)c1ccc(Pc2ccc(C(F)(F)F)cc2C(F)(F)F)c(C(F)(F)F)c1. The molecule has 0 atom stereocenters. The van der Waals surface area contributed by atoms with Crippen molar-refractivity contribution in [3.63, 3.8) is 0 Å². The van der Waals surface area contributed by atoms with E-state index in [4.69, 9.17) is 0 Å². The third-order valence-corrected chi connectivity index (χ3v) is 4.98. The minimum Gasteiger partial charge on any atom is -0.166 e. The van der Waals surface area contributed by atoms with Gasteiger partial charge in [-0.3, -0.25) is 0 Å². The molecule has 0 aliphatic rings. The minimum atomic E-state index is -5.33. The van der Waals surface area contributed by atoms with E-state index < -0.39 is 66.1 Å². The highest BCUT2D eigenvalue weighted by Gasteiger charge is 2.40. The van der Waals surface area contributed by atoms with Crippen molar-refractivity contribution in [2.24, 2.45) is 0 Å². The van der Waals surface area contributed by atoms with Crippen LogP contribution in [0.5, 0.6) is 0 Å². The number of alkyl halides is 12. The van der Waals surface area contributed by atoms with Gasteiger partial charge >= 0.3 is 24.7 Å². The molecule has 0 amide bonds. The molecule has 0 fully saturated rings. The van der Waals surface area contributed by atoms with E-state index in [1.165, 1.54) is 0 Å². The van der Waals surface area contributed by atoms with E-state index in [9.17, 15) is 52.7 Å². The van der Waals surface area contributed by atoms with Crippen LogP contribution in [0.4, 0.5) is 52.7 Å². The van der Waals surface area contributed by atoms with E-state index in [1.807, 2.05) is 0 Å². The Kier molecular flexibility index (Phi) is 5.93. The Balaban J connectivity index is 2.62. The van der Waals surface area contributed by atoms with Crippen LogP contribution in [0, 0.1) is 0 Å². The monoisotopic (exact) mass is 458 g/mol. The molecule has 0 saturated carbocycles. The van der Waals surface area contributed by atoms with Crippen LogP contribution >= 0.6 is 8.58 Å². The summed E-state index contributed by atoms with van der Waals surface area (Å²) < 4.78 is 155. The van der Waals surface area contributed by atoms with E-state index in [2.05, 4.69) is 0 Å². The molecule has 2 rings (SSSR count). The molecule has 29 heavy (non-hydrogen) atoms. The van der Waals surface area contributed by atoms with Crippen LogP contribution in [0.2, 0.25) is 0 Å². The van der Waals surface area contributed by atoms with E-state index in [0.717, 1.165) is 0 Å². The van der Waals surface area contributed by atoms with Crippen molar-refractivity contribution >= 4 is 19.2 Å². The van der Waals surface area contributed by atoms with Crippen molar-refractivity contribution in [1.29, 1.82) is 0 Å². The average Bonchev–Trinajstić information content (AvgIpc) is 2.51. The van der Waals surface area contributed by atoms with Crippen LogP contribution in [0.15, 0.2) is 36.4 Å². The summed E-state index contributed by atoms with van der Waals surface area (Å²) in [6, 6.07) is 0.743. The van der Waals surface area contributed by atoms with Crippen molar-refractivity contribution in [2.75, 3.05) is 0 Å². The highest BCUT2D eigenvalue weighted by atomic mass is 31.1. The average molecular weight is 458 g/mol. The number of hydrogen-bond acceptors (Lipinski definition) is 0. The van der Waals surface area contributed by atoms with E-state index in [0.29, 0.717) is 12.1 Å². The maximum Gasteiger partial charge on any atom is 0.417 e. The number of hydrogen-bond donors (Lipinski definition) is 0. The summed E-state index contributed by atoms with van der Waals surface area (Å²) in [5, 5.41) is -1.84. The Morgan fingerprint density at radius 3 is 1.00 bits per heavy atom. The van der Waals surface area contributed by atoms with Gasteiger partial charge in [-0.15, -0.1) is 0 Å². The number of rotatable bonds is 2. The van der Waals surface area contributed by atoms with Gasteiger partial charge < -0.3 is 0 Å². The molecule has 0 radical (unpaired) electrons. The van der Waals surface area contributed by atoms with Gasteiger partial charge in [0, 0.05) is 0 Å². The number of benzene rings is 2. The Morgan fingerprint density at radius 1 is 0.448 bits per heavy atom. The van der Waals surface area contributed by atoms with Gasteiger partial charge in [-0.1, -0.05) is 20.7 Å². The molecule has 0 saturated heterocycles. The predicted octanol–water partition coefficient (Wildman–Crippen LogP) is 6.39. The molecule has 0 aromatic heterocycles. The van der Waals surface area contributed by atoms with Gasteiger partial charge in [-0.2, -0.15) is 52.7 Å². The molecule has 0 heterocycles. The van der Waals surface area contributed by atoms with Gasteiger partial charge in [0.25, 0.3) is 0 Å². The Labute approximate surface area is 156 Å². The van der Waals surface area contributed by atoms with Gasteiger partial charge in [0.1, 0.15) is 0 Å². The molecule has 0 unspecified atom stereocenters. The fraction of sp³-hybridized carbons (Fsp3) is 0.250. The molecule has 160 valence electrons. The lowest BCUT2D eigenvalue weighted by atomic mass is 10.1. The maximum absolute atomic E-state index is 13.1. The fourth-order valence-corrected chi connectivity index (χ4v) is 3.59. The molecule has 0 nitrogen and oxygen atoms in total. The first kappa shape index (κ1) is 23.3. The van der Waals surface area contributed by atoms with Gasteiger partial charge in [0.15, 0.2) is 0 Å². The van der Waals surface area contributed by atoms with Gasteiger partial charge in [0.05, 0.1) is 22.3 Å². The van der Waals surface area contributed by atoms with Gasteiger partial charge in [-0.25, -0.2) is 0 Å². The first-order valence-electron chi connectivity index (χ1n) is 7.24. The smallest absolute Gasteiger partial charge is 0.166 e. The van der Waals surface area contributed by atoms with E-state index in [-0.39, 0.29) is 24.3 Å². The first-order valence-corrected chi connectivity index (χ1v) is 8.24. The molecular formula is C16H7F12P.